The van der Waals surface area contributed by atoms with E-state index in [2.05, 4.69) is 15.3 Å². The molecule has 0 aromatic carbocycles. The molecule has 1 aliphatic carbocycles. The van der Waals surface area contributed by atoms with Gasteiger partial charge in [0.15, 0.2) is 0 Å². The molecule has 0 spiro atoms. The Bertz CT molecular complexity index is 735. The van der Waals surface area contributed by atoms with Gasteiger partial charge >= 0.3 is 6.09 Å². The SMILES string of the molecule is CC(C)(C)OC(=O)Nc1ccc(C(O)C2(c3ccccn3)CC2)nc1. The van der Waals surface area contributed by atoms with E-state index in [0.717, 1.165) is 18.5 Å². The Balaban J connectivity index is 1.69. The lowest BCUT2D eigenvalue weighted by Gasteiger charge is -2.22. The van der Waals surface area contributed by atoms with Crippen LogP contribution in [0.4, 0.5) is 10.5 Å². The minimum atomic E-state index is -0.724. The van der Waals surface area contributed by atoms with Gasteiger partial charge in [0, 0.05) is 17.3 Å². The summed E-state index contributed by atoms with van der Waals surface area (Å²) >= 11 is 0. The highest BCUT2D eigenvalue weighted by Gasteiger charge is 2.52. The third kappa shape index (κ3) is 3.96. The number of carbonyl (C=O) groups excluding carboxylic acids is 1. The van der Waals surface area contributed by atoms with Crippen molar-refractivity contribution in [3.05, 3.63) is 54.1 Å². The molecule has 2 aromatic heterocycles. The van der Waals surface area contributed by atoms with Crippen LogP contribution in [0.5, 0.6) is 0 Å². The van der Waals surface area contributed by atoms with Crippen LogP contribution >= 0.6 is 0 Å². The van der Waals surface area contributed by atoms with Gasteiger partial charge in [-0.05, 0) is 57.9 Å². The summed E-state index contributed by atoms with van der Waals surface area (Å²) in [7, 11) is 0. The van der Waals surface area contributed by atoms with Crippen molar-refractivity contribution in [2.45, 2.75) is 50.7 Å². The molecule has 132 valence electrons. The van der Waals surface area contributed by atoms with Gasteiger partial charge in [-0.25, -0.2) is 4.79 Å². The van der Waals surface area contributed by atoms with Gasteiger partial charge in [0.25, 0.3) is 0 Å². The molecule has 1 saturated carbocycles. The molecule has 0 radical (unpaired) electrons. The lowest BCUT2D eigenvalue weighted by atomic mass is 9.92. The van der Waals surface area contributed by atoms with Gasteiger partial charge in [0.2, 0.25) is 0 Å². The number of carbonyl (C=O) groups is 1. The highest BCUT2D eigenvalue weighted by molar-refractivity contribution is 5.84. The Morgan fingerprint density at radius 1 is 1.24 bits per heavy atom. The minimum absolute atomic E-state index is 0.353. The first-order valence-electron chi connectivity index (χ1n) is 8.36. The van der Waals surface area contributed by atoms with E-state index < -0.39 is 17.8 Å². The quantitative estimate of drug-likeness (QED) is 0.888. The Morgan fingerprint density at radius 2 is 2.00 bits per heavy atom. The highest BCUT2D eigenvalue weighted by Crippen LogP contribution is 2.55. The fourth-order valence-corrected chi connectivity index (χ4v) is 2.81. The van der Waals surface area contributed by atoms with Crippen LogP contribution in [0.15, 0.2) is 42.7 Å². The minimum Gasteiger partial charge on any atom is -0.444 e. The number of aliphatic hydroxyl groups is 1. The van der Waals surface area contributed by atoms with Crippen LogP contribution < -0.4 is 5.32 Å². The van der Waals surface area contributed by atoms with Gasteiger partial charge in [0.05, 0.1) is 17.6 Å². The molecule has 0 aliphatic heterocycles. The van der Waals surface area contributed by atoms with E-state index in [1.807, 2.05) is 18.2 Å². The lowest BCUT2D eigenvalue weighted by molar-refractivity contribution is 0.0636. The topological polar surface area (TPSA) is 84.3 Å². The Hall–Kier alpha value is -2.47. The van der Waals surface area contributed by atoms with Crippen LogP contribution in [0, 0.1) is 0 Å². The zero-order chi connectivity index (χ0) is 18.1. The highest BCUT2D eigenvalue weighted by atomic mass is 16.6. The van der Waals surface area contributed by atoms with E-state index in [0.29, 0.717) is 11.4 Å². The number of aliphatic hydroxyl groups excluding tert-OH is 1. The van der Waals surface area contributed by atoms with Gasteiger partial charge < -0.3 is 9.84 Å². The molecule has 6 heteroatoms. The number of pyridine rings is 2. The first-order valence-corrected chi connectivity index (χ1v) is 8.36. The van der Waals surface area contributed by atoms with Crippen molar-refractivity contribution in [2.75, 3.05) is 5.32 Å². The van der Waals surface area contributed by atoms with E-state index in [9.17, 15) is 9.90 Å². The number of nitrogens with one attached hydrogen (secondary N) is 1. The summed E-state index contributed by atoms with van der Waals surface area (Å²) in [6.07, 6.45) is 3.77. The van der Waals surface area contributed by atoms with Crippen LogP contribution in [-0.2, 0) is 10.2 Å². The number of rotatable bonds is 4. The lowest BCUT2D eigenvalue weighted by Crippen LogP contribution is -2.27. The number of ether oxygens (including phenoxy) is 1. The zero-order valence-corrected chi connectivity index (χ0v) is 14.7. The van der Waals surface area contributed by atoms with Crippen molar-refractivity contribution < 1.29 is 14.6 Å². The number of aromatic nitrogens is 2. The summed E-state index contributed by atoms with van der Waals surface area (Å²) in [5.41, 5.74) is 1.06. The molecule has 1 fully saturated rings. The summed E-state index contributed by atoms with van der Waals surface area (Å²) in [5.74, 6) is 0. The summed E-state index contributed by atoms with van der Waals surface area (Å²) in [4.78, 5) is 20.5. The second kappa shape index (κ2) is 6.44. The van der Waals surface area contributed by atoms with Crippen LogP contribution in [0.25, 0.3) is 0 Å². The van der Waals surface area contributed by atoms with Gasteiger partial charge in [0.1, 0.15) is 11.7 Å². The largest absolute Gasteiger partial charge is 0.444 e. The van der Waals surface area contributed by atoms with Crippen molar-refractivity contribution >= 4 is 11.8 Å². The maximum Gasteiger partial charge on any atom is 0.412 e. The number of hydrogen-bond donors (Lipinski definition) is 2. The first-order chi connectivity index (χ1) is 11.8. The van der Waals surface area contributed by atoms with E-state index in [-0.39, 0.29) is 5.41 Å². The molecule has 1 atom stereocenters. The van der Waals surface area contributed by atoms with Crippen molar-refractivity contribution in [3.8, 4) is 0 Å². The van der Waals surface area contributed by atoms with Gasteiger partial charge in [-0.2, -0.15) is 0 Å². The molecule has 0 saturated heterocycles. The normalized spacial score (nSPS) is 16.8. The number of nitrogens with zero attached hydrogens (tertiary/aromatic N) is 2. The van der Waals surface area contributed by atoms with Gasteiger partial charge in [-0.15, -0.1) is 0 Å². The number of hydrogen-bond acceptors (Lipinski definition) is 5. The molecule has 2 heterocycles. The molecule has 6 nitrogen and oxygen atoms in total. The molecule has 1 unspecified atom stereocenters. The van der Waals surface area contributed by atoms with Crippen LogP contribution in [0.2, 0.25) is 0 Å². The monoisotopic (exact) mass is 341 g/mol. The Morgan fingerprint density at radius 3 is 2.52 bits per heavy atom. The van der Waals surface area contributed by atoms with Crippen LogP contribution in [-0.4, -0.2) is 26.8 Å². The van der Waals surface area contributed by atoms with Crippen LogP contribution in [0.1, 0.15) is 51.1 Å². The van der Waals surface area contributed by atoms with E-state index >= 15 is 0 Å². The standard InChI is InChI=1S/C19H23N3O3/c1-18(2,3)25-17(24)22-13-7-8-14(21-12-13)16(23)19(9-10-19)15-6-4-5-11-20-15/h4-8,11-12,16,23H,9-10H2,1-3H3,(H,22,24). The smallest absolute Gasteiger partial charge is 0.412 e. The fraction of sp³-hybridized carbons (Fsp3) is 0.421. The maximum atomic E-state index is 11.8. The first kappa shape index (κ1) is 17.4. The second-order valence-electron chi connectivity index (χ2n) is 7.37. The Labute approximate surface area is 147 Å². The molecule has 25 heavy (non-hydrogen) atoms. The van der Waals surface area contributed by atoms with Crippen LogP contribution in [0.3, 0.4) is 0 Å². The summed E-state index contributed by atoms with van der Waals surface area (Å²) in [5, 5.41) is 13.4. The summed E-state index contributed by atoms with van der Waals surface area (Å²) < 4.78 is 5.21. The third-order valence-corrected chi connectivity index (χ3v) is 4.20. The van der Waals surface area contributed by atoms with Crippen molar-refractivity contribution in [3.63, 3.8) is 0 Å². The molecule has 1 amide bonds. The third-order valence-electron chi connectivity index (χ3n) is 4.20. The second-order valence-corrected chi connectivity index (χ2v) is 7.37. The number of anilines is 1. The fourth-order valence-electron chi connectivity index (χ4n) is 2.81. The van der Waals surface area contributed by atoms with Gasteiger partial charge in [-0.3, -0.25) is 15.3 Å². The maximum absolute atomic E-state index is 11.8. The van der Waals surface area contributed by atoms with E-state index in [1.54, 1.807) is 39.1 Å². The molecule has 1 aliphatic rings. The summed E-state index contributed by atoms with van der Waals surface area (Å²) in [6.45, 7) is 5.41. The zero-order valence-electron chi connectivity index (χ0n) is 14.7. The van der Waals surface area contributed by atoms with Crippen molar-refractivity contribution in [1.82, 2.24) is 9.97 Å². The number of amides is 1. The van der Waals surface area contributed by atoms with E-state index in [4.69, 9.17) is 4.74 Å². The average molecular weight is 341 g/mol. The molecular formula is C19H23N3O3. The molecule has 2 N–H and O–H groups in total. The Kier molecular flexibility index (Phi) is 4.47. The van der Waals surface area contributed by atoms with E-state index in [1.165, 1.54) is 6.20 Å². The molecule has 3 rings (SSSR count). The van der Waals surface area contributed by atoms with Crippen molar-refractivity contribution in [2.24, 2.45) is 0 Å². The molecule has 0 bridgehead atoms. The van der Waals surface area contributed by atoms with Gasteiger partial charge in [-0.1, -0.05) is 6.07 Å². The van der Waals surface area contributed by atoms with Crippen molar-refractivity contribution in [1.29, 1.82) is 0 Å². The molecule has 2 aromatic rings. The average Bonchev–Trinajstić information content (AvgIpc) is 3.36. The summed E-state index contributed by atoms with van der Waals surface area (Å²) in [6, 6.07) is 9.16. The predicted octanol–water partition coefficient (Wildman–Crippen LogP) is 3.59. The molecular weight excluding hydrogens is 318 g/mol. The predicted molar refractivity (Wildman–Crippen MR) is 94.2 cm³/mol.